The van der Waals surface area contributed by atoms with Crippen LogP contribution in [0.15, 0.2) is 24.3 Å². The molecule has 2 rings (SSSR count). The molecule has 4 nitrogen and oxygen atoms in total. The van der Waals surface area contributed by atoms with Crippen LogP contribution < -0.4 is 11.3 Å². The number of rotatable bonds is 5. The third-order valence-electron chi connectivity index (χ3n) is 3.94. The highest BCUT2D eigenvalue weighted by atomic mass is 15.3. The molecule has 20 heavy (non-hydrogen) atoms. The van der Waals surface area contributed by atoms with Crippen molar-refractivity contribution in [3.8, 4) is 0 Å². The third kappa shape index (κ3) is 2.62. The summed E-state index contributed by atoms with van der Waals surface area (Å²) in [5.41, 5.74) is 8.95. The van der Waals surface area contributed by atoms with Crippen LogP contribution in [0.3, 0.4) is 0 Å². The molecule has 3 N–H and O–H groups in total. The average Bonchev–Trinajstić information content (AvgIpc) is 2.87. The van der Waals surface area contributed by atoms with Crippen molar-refractivity contribution < 1.29 is 0 Å². The minimum Gasteiger partial charge on any atom is -0.271 e. The van der Waals surface area contributed by atoms with Gasteiger partial charge in [-0.2, -0.15) is 5.10 Å². The fraction of sp³-hybridized carbons (Fsp3) is 0.438. The molecule has 4 heteroatoms. The summed E-state index contributed by atoms with van der Waals surface area (Å²) in [6.07, 6.45) is 0.935. The number of nitrogens with zero attached hydrogens (tertiary/aromatic N) is 2. The van der Waals surface area contributed by atoms with Crippen LogP contribution in [0.2, 0.25) is 0 Å². The Morgan fingerprint density at radius 3 is 2.65 bits per heavy atom. The molecule has 0 aliphatic carbocycles. The van der Waals surface area contributed by atoms with Gasteiger partial charge in [0.05, 0.1) is 17.4 Å². The second kappa shape index (κ2) is 6.20. The Balaban J connectivity index is 2.52. The first kappa shape index (κ1) is 14.8. The second-order valence-electron chi connectivity index (χ2n) is 5.12. The standard InChI is InChI=1S/C16H24N4/c1-5-13-10-15(20(6-2)19-13)16(18-17)14-9-7-8-11(3)12(14)4/h7-10,16,18H,5-6,17H2,1-4H3. The van der Waals surface area contributed by atoms with Crippen LogP contribution in [0.5, 0.6) is 0 Å². The van der Waals surface area contributed by atoms with Gasteiger partial charge in [-0.3, -0.25) is 10.5 Å². The molecule has 0 saturated heterocycles. The van der Waals surface area contributed by atoms with Crippen molar-refractivity contribution in [2.45, 2.75) is 46.7 Å². The van der Waals surface area contributed by atoms with E-state index in [0.717, 1.165) is 24.4 Å². The van der Waals surface area contributed by atoms with Gasteiger partial charge in [0.15, 0.2) is 0 Å². The minimum atomic E-state index is -0.0253. The summed E-state index contributed by atoms with van der Waals surface area (Å²) < 4.78 is 2.03. The summed E-state index contributed by atoms with van der Waals surface area (Å²) in [5, 5.41) is 4.61. The smallest absolute Gasteiger partial charge is 0.0881 e. The van der Waals surface area contributed by atoms with E-state index in [2.05, 4.69) is 62.5 Å². The fourth-order valence-corrected chi connectivity index (χ4v) is 2.57. The van der Waals surface area contributed by atoms with Crippen LogP contribution in [0.4, 0.5) is 0 Å². The number of nitrogens with one attached hydrogen (secondary N) is 1. The Labute approximate surface area is 121 Å². The highest BCUT2D eigenvalue weighted by Gasteiger charge is 2.20. The lowest BCUT2D eigenvalue weighted by molar-refractivity contribution is 0.539. The van der Waals surface area contributed by atoms with E-state index in [0.29, 0.717) is 0 Å². The van der Waals surface area contributed by atoms with E-state index >= 15 is 0 Å². The van der Waals surface area contributed by atoms with Crippen molar-refractivity contribution >= 4 is 0 Å². The Bertz CT molecular complexity index is 586. The quantitative estimate of drug-likeness (QED) is 0.650. The van der Waals surface area contributed by atoms with E-state index in [1.165, 1.54) is 16.7 Å². The predicted molar refractivity (Wildman–Crippen MR) is 82.4 cm³/mol. The van der Waals surface area contributed by atoms with E-state index in [1.54, 1.807) is 0 Å². The minimum absolute atomic E-state index is 0.0253. The maximum atomic E-state index is 5.84. The zero-order valence-corrected chi connectivity index (χ0v) is 12.8. The van der Waals surface area contributed by atoms with Gasteiger partial charge in [-0.25, -0.2) is 5.43 Å². The maximum absolute atomic E-state index is 5.84. The van der Waals surface area contributed by atoms with Crippen molar-refractivity contribution in [3.63, 3.8) is 0 Å². The van der Waals surface area contributed by atoms with Gasteiger partial charge in [-0.1, -0.05) is 25.1 Å². The molecule has 0 spiro atoms. The fourth-order valence-electron chi connectivity index (χ4n) is 2.57. The molecule has 1 atom stereocenters. The SMILES string of the molecule is CCc1cc(C(NN)c2cccc(C)c2C)n(CC)n1. The van der Waals surface area contributed by atoms with Gasteiger partial charge >= 0.3 is 0 Å². The zero-order chi connectivity index (χ0) is 14.7. The predicted octanol–water partition coefficient (Wildman–Crippen LogP) is 2.63. The normalized spacial score (nSPS) is 12.7. The first-order valence-electron chi connectivity index (χ1n) is 7.21. The van der Waals surface area contributed by atoms with Gasteiger partial charge in [-0.15, -0.1) is 0 Å². The lowest BCUT2D eigenvalue weighted by Crippen LogP contribution is -2.31. The number of benzene rings is 1. The van der Waals surface area contributed by atoms with Crippen LogP contribution in [0.25, 0.3) is 0 Å². The average molecular weight is 272 g/mol. The molecule has 0 bridgehead atoms. The van der Waals surface area contributed by atoms with Crippen LogP contribution >= 0.6 is 0 Å². The monoisotopic (exact) mass is 272 g/mol. The first-order valence-corrected chi connectivity index (χ1v) is 7.21. The van der Waals surface area contributed by atoms with E-state index in [4.69, 9.17) is 5.84 Å². The van der Waals surface area contributed by atoms with Crippen molar-refractivity contribution in [1.29, 1.82) is 0 Å². The van der Waals surface area contributed by atoms with Crippen LogP contribution in [-0.4, -0.2) is 9.78 Å². The molecule has 1 heterocycles. The van der Waals surface area contributed by atoms with E-state index in [9.17, 15) is 0 Å². The summed E-state index contributed by atoms with van der Waals surface area (Å²) in [5.74, 6) is 5.84. The van der Waals surface area contributed by atoms with E-state index < -0.39 is 0 Å². The molecule has 0 fully saturated rings. The Morgan fingerprint density at radius 1 is 1.30 bits per heavy atom. The van der Waals surface area contributed by atoms with Crippen molar-refractivity contribution in [2.75, 3.05) is 0 Å². The highest BCUT2D eigenvalue weighted by molar-refractivity contribution is 5.39. The van der Waals surface area contributed by atoms with Crippen LogP contribution in [0.1, 0.15) is 48.0 Å². The number of hydrogen-bond donors (Lipinski definition) is 2. The van der Waals surface area contributed by atoms with Gasteiger partial charge in [0.1, 0.15) is 0 Å². The molecule has 0 saturated carbocycles. The lowest BCUT2D eigenvalue weighted by Gasteiger charge is -2.20. The van der Waals surface area contributed by atoms with E-state index in [-0.39, 0.29) is 6.04 Å². The molecule has 0 aliphatic rings. The number of hydrazine groups is 1. The maximum Gasteiger partial charge on any atom is 0.0881 e. The summed E-state index contributed by atoms with van der Waals surface area (Å²) >= 11 is 0. The zero-order valence-electron chi connectivity index (χ0n) is 12.8. The molecule has 0 radical (unpaired) electrons. The first-order chi connectivity index (χ1) is 9.62. The molecule has 0 aliphatic heterocycles. The van der Waals surface area contributed by atoms with Crippen molar-refractivity contribution in [3.05, 3.63) is 52.3 Å². The van der Waals surface area contributed by atoms with Gasteiger partial charge in [0.25, 0.3) is 0 Å². The largest absolute Gasteiger partial charge is 0.271 e. The molecular formula is C16H24N4. The summed E-state index contributed by atoms with van der Waals surface area (Å²) in [7, 11) is 0. The Morgan fingerprint density at radius 2 is 2.05 bits per heavy atom. The lowest BCUT2D eigenvalue weighted by atomic mass is 9.95. The number of aromatic nitrogens is 2. The molecule has 108 valence electrons. The van der Waals surface area contributed by atoms with Gasteiger partial charge in [0, 0.05) is 6.54 Å². The second-order valence-corrected chi connectivity index (χ2v) is 5.12. The van der Waals surface area contributed by atoms with Crippen LogP contribution in [-0.2, 0) is 13.0 Å². The summed E-state index contributed by atoms with van der Waals surface area (Å²) in [4.78, 5) is 0. The van der Waals surface area contributed by atoms with Crippen molar-refractivity contribution in [1.82, 2.24) is 15.2 Å². The summed E-state index contributed by atoms with van der Waals surface area (Å²) in [6, 6.07) is 8.46. The molecule has 1 aromatic carbocycles. The molecule has 2 aromatic rings. The topological polar surface area (TPSA) is 55.9 Å². The molecular weight excluding hydrogens is 248 g/mol. The van der Waals surface area contributed by atoms with Gasteiger partial charge in [0.2, 0.25) is 0 Å². The molecule has 1 aromatic heterocycles. The molecule has 1 unspecified atom stereocenters. The van der Waals surface area contributed by atoms with E-state index in [1.807, 2.05) is 4.68 Å². The number of nitrogens with two attached hydrogens (primary N) is 1. The van der Waals surface area contributed by atoms with Crippen LogP contribution in [0, 0.1) is 13.8 Å². The van der Waals surface area contributed by atoms with Crippen molar-refractivity contribution in [2.24, 2.45) is 5.84 Å². The number of hydrogen-bond acceptors (Lipinski definition) is 3. The highest BCUT2D eigenvalue weighted by Crippen LogP contribution is 2.26. The third-order valence-corrected chi connectivity index (χ3v) is 3.94. The van der Waals surface area contributed by atoms with Gasteiger partial charge in [-0.05, 0) is 49.9 Å². The molecule has 0 amide bonds. The van der Waals surface area contributed by atoms with Gasteiger partial charge < -0.3 is 0 Å². The Hall–Kier alpha value is -1.65. The summed E-state index contributed by atoms with van der Waals surface area (Å²) in [6.45, 7) is 9.34. The number of aryl methyl sites for hydroxylation is 3. The Kier molecular flexibility index (Phi) is 4.57.